The number of carbonyl (C=O) groups excluding carboxylic acids is 2. The number of amides is 1. The molecule has 2 aromatic rings. The Morgan fingerprint density at radius 2 is 1.55 bits per heavy atom. The molecular formula is C26H32N2O5. The van der Waals surface area contributed by atoms with Crippen LogP contribution in [-0.2, 0) is 14.3 Å². The first-order valence-electron chi connectivity index (χ1n) is 11.7. The van der Waals surface area contributed by atoms with E-state index in [1.54, 1.807) is 24.3 Å². The lowest BCUT2D eigenvalue weighted by Crippen LogP contribution is -2.59. The second-order valence-electron chi connectivity index (χ2n) is 8.86. The third-order valence-corrected chi connectivity index (χ3v) is 6.74. The summed E-state index contributed by atoms with van der Waals surface area (Å²) in [7, 11) is 0. The molecule has 2 aromatic carbocycles. The minimum Gasteiger partial charge on any atom is -0.508 e. The molecule has 2 N–H and O–H groups in total. The molecule has 7 heteroatoms. The number of aromatic hydroxyl groups is 1. The third kappa shape index (κ3) is 5.92. The maximum atomic E-state index is 12.5. The Hall–Kier alpha value is -2.90. The summed E-state index contributed by atoms with van der Waals surface area (Å²) >= 11 is 0. The number of ether oxygens (including phenoxy) is 2. The van der Waals surface area contributed by atoms with Crippen molar-refractivity contribution in [1.82, 2.24) is 10.2 Å². The molecule has 1 saturated carbocycles. The van der Waals surface area contributed by atoms with Gasteiger partial charge in [-0.05, 0) is 48.2 Å². The molecule has 33 heavy (non-hydrogen) atoms. The van der Waals surface area contributed by atoms with Crippen molar-refractivity contribution in [3.63, 3.8) is 0 Å². The van der Waals surface area contributed by atoms with Crippen LogP contribution < -0.4 is 5.32 Å². The summed E-state index contributed by atoms with van der Waals surface area (Å²) in [6.45, 7) is 3.54. The lowest BCUT2D eigenvalue weighted by atomic mass is 9.79. The van der Waals surface area contributed by atoms with Crippen molar-refractivity contribution < 1.29 is 24.2 Å². The van der Waals surface area contributed by atoms with Crippen molar-refractivity contribution in [2.45, 2.75) is 37.6 Å². The van der Waals surface area contributed by atoms with Crippen LogP contribution in [0.3, 0.4) is 0 Å². The van der Waals surface area contributed by atoms with Gasteiger partial charge in [0.2, 0.25) is 0 Å². The van der Waals surface area contributed by atoms with Crippen LogP contribution in [0.2, 0.25) is 0 Å². The predicted octanol–water partition coefficient (Wildman–Crippen LogP) is 3.37. The lowest BCUT2D eigenvalue weighted by molar-refractivity contribution is -0.125. The van der Waals surface area contributed by atoms with E-state index in [0.29, 0.717) is 12.1 Å². The van der Waals surface area contributed by atoms with Crippen LogP contribution in [0.25, 0.3) is 11.1 Å². The van der Waals surface area contributed by atoms with Crippen molar-refractivity contribution in [2.24, 2.45) is 0 Å². The molecule has 2 aliphatic rings. The van der Waals surface area contributed by atoms with E-state index in [4.69, 9.17) is 9.47 Å². The molecule has 1 aliphatic carbocycles. The normalized spacial score (nSPS) is 18.4. The van der Waals surface area contributed by atoms with Crippen molar-refractivity contribution >= 4 is 11.9 Å². The highest BCUT2D eigenvalue weighted by Crippen LogP contribution is 2.33. The van der Waals surface area contributed by atoms with Gasteiger partial charge >= 0.3 is 5.97 Å². The molecule has 1 heterocycles. The van der Waals surface area contributed by atoms with E-state index >= 15 is 0 Å². The van der Waals surface area contributed by atoms with Crippen LogP contribution in [0.4, 0.5) is 0 Å². The summed E-state index contributed by atoms with van der Waals surface area (Å²) in [5.41, 5.74) is 2.22. The molecule has 0 atom stereocenters. The molecule has 0 aromatic heterocycles. The first-order valence-corrected chi connectivity index (χ1v) is 11.7. The largest absolute Gasteiger partial charge is 0.508 e. The number of rotatable bonds is 7. The molecular weight excluding hydrogens is 420 g/mol. The van der Waals surface area contributed by atoms with Gasteiger partial charge in [0, 0.05) is 25.2 Å². The predicted molar refractivity (Wildman–Crippen MR) is 125 cm³/mol. The van der Waals surface area contributed by atoms with Crippen LogP contribution in [-0.4, -0.2) is 66.9 Å². The fourth-order valence-corrected chi connectivity index (χ4v) is 4.83. The average Bonchev–Trinajstić information content (AvgIpc) is 2.88. The number of hydrogen-bond acceptors (Lipinski definition) is 6. The first kappa shape index (κ1) is 23.3. The van der Waals surface area contributed by atoms with E-state index in [1.165, 1.54) is 19.3 Å². The number of carbonyl (C=O) groups is 2. The summed E-state index contributed by atoms with van der Waals surface area (Å²) < 4.78 is 10.8. The molecule has 0 unspecified atom stereocenters. The summed E-state index contributed by atoms with van der Waals surface area (Å²) in [6, 6.07) is 13.8. The smallest absolute Gasteiger partial charge is 0.338 e. The molecule has 0 spiro atoms. The molecule has 4 rings (SSSR count). The maximum absolute atomic E-state index is 12.5. The van der Waals surface area contributed by atoms with E-state index in [-0.39, 0.29) is 23.8 Å². The van der Waals surface area contributed by atoms with Crippen LogP contribution in [0.1, 0.15) is 42.5 Å². The van der Waals surface area contributed by atoms with Gasteiger partial charge in [-0.25, -0.2) is 4.79 Å². The number of phenolic OH excluding ortho intramolecular Hbond substituents is 1. The summed E-state index contributed by atoms with van der Waals surface area (Å²) in [6.07, 6.45) is 5.72. The average molecular weight is 453 g/mol. The van der Waals surface area contributed by atoms with Crippen molar-refractivity contribution in [3.05, 3.63) is 54.1 Å². The number of benzene rings is 2. The van der Waals surface area contributed by atoms with Crippen LogP contribution in [0, 0.1) is 0 Å². The van der Waals surface area contributed by atoms with Gasteiger partial charge in [0.15, 0.2) is 6.61 Å². The van der Waals surface area contributed by atoms with Gasteiger partial charge in [0.25, 0.3) is 5.91 Å². The van der Waals surface area contributed by atoms with E-state index in [0.717, 1.165) is 50.3 Å². The highest BCUT2D eigenvalue weighted by molar-refractivity contribution is 5.91. The number of phenols is 1. The van der Waals surface area contributed by atoms with E-state index < -0.39 is 5.97 Å². The number of morpholine rings is 1. The lowest BCUT2D eigenvalue weighted by Gasteiger charge is -2.48. The van der Waals surface area contributed by atoms with Gasteiger partial charge < -0.3 is 19.9 Å². The third-order valence-electron chi connectivity index (χ3n) is 6.74. The standard InChI is InChI=1S/C26H32N2O5/c29-23-10-8-21(9-11-23)20-4-6-22(7-5-20)25(31)33-18-24(30)27-19-26(12-2-1-3-13-26)28-14-16-32-17-15-28/h4-11,29H,1-3,12-19H2,(H,27,30). The van der Waals surface area contributed by atoms with Gasteiger partial charge in [0.1, 0.15) is 5.75 Å². The van der Waals surface area contributed by atoms with Gasteiger partial charge in [0.05, 0.1) is 18.8 Å². The maximum Gasteiger partial charge on any atom is 0.338 e. The van der Waals surface area contributed by atoms with Crippen molar-refractivity contribution in [1.29, 1.82) is 0 Å². The Morgan fingerprint density at radius 3 is 2.18 bits per heavy atom. The Bertz CT molecular complexity index is 930. The van der Waals surface area contributed by atoms with Gasteiger partial charge in [-0.2, -0.15) is 0 Å². The highest BCUT2D eigenvalue weighted by Gasteiger charge is 2.38. The van der Waals surface area contributed by atoms with Gasteiger partial charge in [-0.15, -0.1) is 0 Å². The van der Waals surface area contributed by atoms with Crippen molar-refractivity contribution in [2.75, 3.05) is 39.5 Å². The molecule has 2 fully saturated rings. The number of esters is 1. The number of hydrogen-bond donors (Lipinski definition) is 2. The SMILES string of the molecule is O=C(COC(=O)c1ccc(-c2ccc(O)cc2)cc1)NCC1(N2CCOCC2)CCCCC1. The van der Waals surface area contributed by atoms with Crippen LogP contribution in [0.15, 0.2) is 48.5 Å². The molecule has 176 valence electrons. The molecule has 0 bridgehead atoms. The summed E-state index contributed by atoms with van der Waals surface area (Å²) in [5.74, 6) is -0.596. The second kappa shape index (κ2) is 10.8. The van der Waals surface area contributed by atoms with Crippen molar-refractivity contribution in [3.8, 4) is 16.9 Å². The fraction of sp³-hybridized carbons (Fsp3) is 0.462. The topological polar surface area (TPSA) is 88.1 Å². The molecule has 0 radical (unpaired) electrons. The van der Waals surface area contributed by atoms with Gasteiger partial charge in [-0.3, -0.25) is 9.69 Å². The zero-order chi connectivity index (χ0) is 23.1. The summed E-state index contributed by atoms with van der Waals surface area (Å²) in [4.78, 5) is 27.3. The minimum atomic E-state index is -0.525. The Morgan fingerprint density at radius 1 is 0.939 bits per heavy atom. The molecule has 1 saturated heterocycles. The molecule has 7 nitrogen and oxygen atoms in total. The molecule has 1 aliphatic heterocycles. The quantitative estimate of drug-likeness (QED) is 0.627. The van der Waals surface area contributed by atoms with E-state index in [9.17, 15) is 14.7 Å². The highest BCUT2D eigenvalue weighted by atomic mass is 16.5. The monoisotopic (exact) mass is 452 g/mol. The van der Waals surface area contributed by atoms with E-state index in [1.807, 2.05) is 24.3 Å². The number of nitrogens with zero attached hydrogens (tertiary/aromatic N) is 1. The fourth-order valence-electron chi connectivity index (χ4n) is 4.83. The zero-order valence-electron chi connectivity index (χ0n) is 18.9. The molecule has 1 amide bonds. The van der Waals surface area contributed by atoms with Crippen LogP contribution in [0.5, 0.6) is 5.75 Å². The Labute approximate surface area is 194 Å². The van der Waals surface area contributed by atoms with Crippen LogP contribution >= 0.6 is 0 Å². The second-order valence-corrected chi connectivity index (χ2v) is 8.86. The first-order chi connectivity index (χ1) is 16.1. The van der Waals surface area contributed by atoms with Gasteiger partial charge in [-0.1, -0.05) is 43.5 Å². The Kier molecular flexibility index (Phi) is 7.62. The number of nitrogens with one attached hydrogen (secondary N) is 1. The summed E-state index contributed by atoms with van der Waals surface area (Å²) in [5, 5.41) is 12.4. The Balaban J connectivity index is 1.28. The minimum absolute atomic E-state index is 0.0221. The zero-order valence-corrected chi connectivity index (χ0v) is 18.9. The van der Waals surface area contributed by atoms with E-state index in [2.05, 4.69) is 10.2 Å².